The van der Waals surface area contributed by atoms with Crippen molar-refractivity contribution in [3.05, 3.63) is 0 Å². The van der Waals surface area contributed by atoms with Gasteiger partial charge in [-0.25, -0.2) is 0 Å². The fraction of sp³-hybridized carbons (Fsp3) is 0.889. The van der Waals surface area contributed by atoms with Crippen molar-refractivity contribution in [3.63, 3.8) is 0 Å². The van der Waals surface area contributed by atoms with Gasteiger partial charge >= 0.3 is 0 Å². The summed E-state index contributed by atoms with van der Waals surface area (Å²) >= 11 is 0. The molecule has 0 bridgehead atoms. The third-order valence-electron chi connectivity index (χ3n) is 6.15. The van der Waals surface area contributed by atoms with Crippen molar-refractivity contribution < 1.29 is 14.3 Å². The minimum absolute atomic E-state index is 0.0639. The van der Waals surface area contributed by atoms with E-state index in [4.69, 9.17) is 4.74 Å². The second-order valence-corrected chi connectivity index (χ2v) is 7.45. The summed E-state index contributed by atoms with van der Waals surface area (Å²) in [5.41, 5.74) is -0.359. The highest BCUT2D eigenvalue weighted by molar-refractivity contribution is 5.88. The van der Waals surface area contributed by atoms with Gasteiger partial charge in [0.2, 0.25) is 11.8 Å². The van der Waals surface area contributed by atoms with E-state index in [9.17, 15) is 9.59 Å². The Morgan fingerprint density at radius 3 is 2.70 bits per heavy atom. The smallest absolute Gasteiger partial charge is 0.228 e. The molecule has 3 rings (SSSR count). The van der Waals surface area contributed by atoms with Gasteiger partial charge < -0.3 is 15.0 Å². The van der Waals surface area contributed by atoms with Gasteiger partial charge in [-0.05, 0) is 32.1 Å². The molecule has 0 spiro atoms. The lowest BCUT2D eigenvalue weighted by molar-refractivity contribution is -0.156. The van der Waals surface area contributed by atoms with Crippen LogP contribution in [-0.2, 0) is 14.3 Å². The summed E-state index contributed by atoms with van der Waals surface area (Å²) in [6.07, 6.45) is 9.97. The Kier molecular flexibility index (Phi) is 5.24. The molecule has 1 aliphatic heterocycles. The van der Waals surface area contributed by atoms with E-state index in [1.807, 2.05) is 4.90 Å². The van der Waals surface area contributed by atoms with E-state index in [1.54, 1.807) is 7.11 Å². The maximum absolute atomic E-state index is 13.2. The lowest BCUT2D eigenvalue weighted by atomic mass is 9.64. The van der Waals surface area contributed by atoms with Gasteiger partial charge in [-0.2, -0.15) is 0 Å². The van der Waals surface area contributed by atoms with Crippen LogP contribution in [0.1, 0.15) is 64.2 Å². The van der Waals surface area contributed by atoms with Crippen LogP contribution in [0, 0.1) is 5.41 Å². The highest BCUT2D eigenvalue weighted by Gasteiger charge is 2.53. The molecule has 0 aromatic carbocycles. The van der Waals surface area contributed by atoms with Gasteiger partial charge in [-0.3, -0.25) is 9.59 Å². The molecule has 1 N–H and O–H groups in total. The summed E-state index contributed by atoms with van der Waals surface area (Å²) in [5, 5.41) is 3.32. The molecule has 0 unspecified atom stereocenters. The predicted molar refractivity (Wildman–Crippen MR) is 87.9 cm³/mol. The number of nitrogens with one attached hydrogen (secondary N) is 1. The Balaban J connectivity index is 1.77. The first-order valence-electron chi connectivity index (χ1n) is 9.27. The van der Waals surface area contributed by atoms with E-state index in [0.29, 0.717) is 25.6 Å². The molecule has 3 aliphatic rings. The maximum atomic E-state index is 13.2. The van der Waals surface area contributed by atoms with E-state index in [-0.39, 0.29) is 23.3 Å². The van der Waals surface area contributed by atoms with Crippen LogP contribution < -0.4 is 5.32 Å². The zero-order valence-electron chi connectivity index (χ0n) is 14.3. The van der Waals surface area contributed by atoms with E-state index >= 15 is 0 Å². The van der Waals surface area contributed by atoms with Crippen LogP contribution in [-0.4, -0.2) is 49.1 Å². The van der Waals surface area contributed by atoms with Crippen LogP contribution >= 0.6 is 0 Å². The van der Waals surface area contributed by atoms with Gasteiger partial charge in [0.25, 0.3) is 0 Å². The van der Waals surface area contributed by atoms with Crippen LogP contribution in [0.25, 0.3) is 0 Å². The number of carbonyl (C=O) groups excluding carboxylic acids is 2. The number of likely N-dealkylation sites (tertiary alicyclic amines) is 1. The third-order valence-corrected chi connectivity index (χ3v) is 6.15. The average molecular weight is 322 g/mol. The number of carbonyl (C=O) groups is 2. The fourth-order valence-electron chi connectivity index (χ4n) is 4.86. The number of nitrogens with zero attached hydrogens (tertiary/aromatic N) is 1. The van der Waals surface area contributed by atoms with Crippen molar-refractivity contribution >= 4 is 11.8 Å². The number of rotatable bonds is 5. The minimum Gasteiger partial charge on any atom is -0.383 e. The molecule has 2 amide bonds. The molecule has 5 nitrogen and oxygen atoms in total. The lowest BCUT2D eigenvalue weighted by Gasteiger charge is -2.51. The molecule has 23 heavy (non-hydrogen) atoms. The zero-order chi connectivity index (χ0) is 16.3. The molecule has 0 radical (unpaired) electrons. The molecule has 3 fully saturated rings. The van der Waals surface area contributed by atoms with Crippen LogP contribution in [0.3, 0.4) is 0 Å². The van der Waals surface area contributed by atoms with Gasteiger partial charge in [0, 0.05) is 32.2 Å². The Bertz CT molecular complexity index is 448. The zero-order valence-corrected chi connectivity index (χ0v) is 14.3. The topological polar surface area (TPSA) is 58.6 Å². The maximum Gasteiger partial charge on any atom is 0.228 e. The molecule has 130 valence electrons. The van der Waals surface area contributed by atoms with Crippen molar-refractivity contribution in [2.24, 2.45) is 5.41 Å². The molecule has 2 aliphatic carbocycles. The summed E-state index contributed by atoms with van der Waals surface area (Å²) in [5.74, 6) is 0.405. The van der Waals surface area contributed by atoms with Crippen molar-refractivity contribution in [3.8, 4) is 0 Å². The molecule has 0 aromatic heterocycles. The monoisotopic (exact) mass is 322 g/mol. The van der Waals surface area contributed by atoms with Crippen molar-refractivity contribution in [1.82, 2.24) is 10.2 Å². The number of methoxy groups -OCH3 is 1. The standard InChI is InChI=1S/C18H30N2O3/c1-23-13-12-20-15-8-4-5-10-18(15,11-9-16(20)21)17(22)19-14-6-2-3-7-14/h14-15H,2-13H2,1H3,(H,19,22)/t15-,18-/m1/s1. The second-order valence-electron chi connectivity index (χ2n) is 7.45. The Labute approximate surface area is 139 Å². The largest absolute Gasteiger partial charge is 0.383 e. The highest BCUT2D eigenvalue weighted by Crippen LogP contribution is 2.46. The first-order chi connectivity index (χ1) is 11.2. The summed E-state index contributed by atoms with van der Waals surface area (Å²) in [4.78, 5) is 27.5. The SMILES string of the molecule is COCCN1C(=O)CC[C@]2(C(=O)NC3CCCC3)CCCC[C@@H]12. The lowest BCUT2D eigenvalue weighted by Crippen LogP contribution is -2.62. The molecule has 5 heteroatoms. The highest BCUT2D eigenvalue weighted by atomic mass is 16.5. The van der Waals surface area contributed by atoms with Crippen molar-refractivity contribution in [1.29, 1.82) is 0 Å². The predicted octanol–water partition coefficient (Wildman–Crippen LogP) is 2.24. The number of fused-ring (bicyclic) bond motifs is 1. The second kappa shape index (κ2) is 7.20. The van der Waals surface area contributed by atoms with Gasteiger partial charge in [-0.15, -0.1) is 0 Å². The molecular formula is C18H30N2O3. The van der Waals surface area contributed by atoms with Crippen LogP contribution in [0.4, 0.5) is 0 Å². The first-order valence-corrected chi connectivity index (χ1v) is 9.27. The normalized spacial score (nSPS) is 32.0. The van der Waals surface area contributed by atoms with Gasteiger partial charge in [0.1, 0.15) is 0 Å². The molecule has 1 saturated heterocycles. The number of hydrogen-bond acceptors (Lipinski definition) is 3. The third kappa shape index (κ3) is 3.25. The number of hydrogen-bond donors (Lipinski definition) is 1. The summed E-state index contributed by atoms with van der Waals surface area (Å²) < 4.78 is 5.18. The van der Waals surface area contributed by atoms with Gasteiger partial charge in [-0.1, -0.05) is 25.7 Å². The van der Waals surface area contributed by atoms with Gasteiger partial charge in [0.05, 0.1) is 12.0 Å². The number of piperidine rings is 1. The summed E-state index contributed by atoms with van der Waals surface area (Å²) in [6, 6.07) is 0.415. The quantitative estimate of drug-likeness (QED) is 0.844. The van der Waals surface area contributed by atoms with E-state index in [2.05, 4.69) is 5.32 Å². The summed E-state index contributed by atoms with van der Waals surface area (Å²) in [6.45, 7) is 1.15. The minimum atomic E-state index is -0.359. The first kappa shape index (κ1) is 16.7. The summed E-state index contributed by atoms with van der Waals surface area (Å²) in [7, 11) is 1.66. The van der Waals surface area contributed by atoms with E-state index in [1.165, 1.54) is 12.8 Å². The van der Waals surface area contributed by atoms with Crippen molar-refractivity contribution in [2.45, 2.75) is 76.3 Å². The average Bonchev–Trinajstić information content (AvgIpc) is 3.07. The van der Waals surface area contributed by atoms with Crippen LogP contribution in [0.5, 0.6) is 0 Å². The Hall–Kier alpha value is -1.10. The van der Waals surface area contributed by atoms with E-state index in [0.717, 1.165) is 44.9 Å². The Morgan fingerprint density at radius 2 is 1.96 bits per heavy atom. The van der Waals surface area contributed by atoms with Crippen molar-refractivity contribution in [2.75, 3.05) is 20.3 Å². The number of ether oxygens (including phenoxy) is 1. The Morgan fingerprint density at radius 1 is 1.22 bits per heavy atom. The fourth-order valence-corrected chi connectivity index (χ4v) is 4.86. The molecule has 2 saturated carbocycles. The van der Waals surface area contributed by atoms with Crippen LogP contribution in [0.15, 0.2) is 0 Å². The molecule has 0 aromatic rings. The molecule has 1 heterocycles. The molecular weight excluding hydrogens is 292 g/mol. The van der Waals surface area contributed by atoms with Crippen LogP contribution in [0.2, 0.25) is 0 Å². The number of amides is 2. The van der Waals surface area contributed by atoms with E-state index < -0.39 is 0 Å². The van der Waals surface area contributed by atoms with Gasteiger partial charge in [0.15, 0.2) is 0 Å². The molecule has 2 atom stereocenters.